The molecule has 40 valence electrons. The van der Waals surface area contributed by atoms with Gasteiger partial charge in [0.1, 0.15) is 0 Å². The van der Waals surface area contributed by atoms with Crippen LogP contribution in [0, 0.1) is 0 Å². The first-order valence-corrected chi connectivity index (χ1v) is 5.93. The third-order valence-electron chi connectivity index (χ3n) is 0.453. The number of allylic oxidation sites excluding steroid dienone is 1. The van der Waals surface area contributed by atoms with Gasteiger partial charge in [0, 0.05) is 0 Å². The van der Waals surface area contributed by atoms with E-state index in [1.807, 2.05) is 6.92 Å². The van der Waals surface area contributed by atoms with Crippen molar-refractivity contribution in [3.8, 4) is 0 Å². The summed E-state index contributed by atoms with van der Waals surface area (Å²) in [5.74, 6) is 0. The van der Waals surface area contributed by atoms with Gasteiger partial charge in [0.05, 0.1) is 0 Å². The fraction of sp³-hybridized carbons (Fsp3) is 0.400. The van der Waals surface area contributed by atoms with Crippen molar-refractivity contribution in [2.45, 2.75) is 11.0 Å². The Kier molecular flexibility index (Phi) is 4.66. The molecule has 0 radical (unpaired) electrons. The van der Waals surface area contributed by atoms with Crippen LogP contribution in [0.1, 0.15) is 6.92 Å². The van der Waals surface area contributed by atoms with E-state index >= 15 is 0 Å². The number of rotatable bonds is 3. The molecular formula is C5H8OPo. The minimum atomic E-state index is -0.622. The van der Waals surface area contributed by atoms with Gasteiger partial charge in [-0.05, 0) is 0 Å². The van der Waals surface area contributed by atoms with Gasteiger partial charge in [-0.15, -0.1) is 0 Å². The molecule has 0 aliphatic carbocycles. The number of carbonyl (C=O) groups is 1. The molecule has 0 rings (SSSR count). The zero-order valence-electron chi connectivity index (χ0n) is 4.31. The summed E-state index contributed by atoms with van der Waals surface area (Å²) in [5, 5.41) is 0. The first-order valence-electron chi connectivity index (χ1n) is 2.10. The predicted molar refractivity (Wildman–Crippen MR) is 31.4 cm³/mol. The van der Waals surface area contributed by atoms with E-state index in [1.54, 1.807) is 0 Å². The molecule has 0 amide bonds. The molecule has 0 bridgehead atoms. The summed E-state index contributed by atoms with van der Waals surface area (Å²) in [7, 11) is 0. The Balaban J connectivity index is 3.17. The number of carbonyl (C=O) groups excluding carboxylic acids is 1. The van der Waals surface area contributed by atoms with E-state index in [0.717, 1.165) is 4.08 Å². The van der Waals surface area contributed by atoms with Crippen LogP contribution in [0.2, 0.25) is 4.08 Å². The molecule has 0 saturated heterocycles. The third kappa shape index (κ3) is 4.15. The van der Waals surface area contributed by atoms with Crippen LogP contribution in [-0.2, 0) is 4.79 Å². The number of hydrogen-bond acceptors (Lipinski definition) is 1. The summed E-state index contributed by atoms with van der Waals surface area (Å²) in [6, 6.07) is 0. The Hall–Kier alpha value is 0.306. The Morgan fingerprint density at radius 3 is 2.71 bits per heavy atom. The molecule has 0 N–H and O–H groups in total. The average Bonchev–Trinajstić information content (AvgIpc) is 1.68. The second kappa shape index (κ2) is 4.46. The van der Waals surface area contributed by atoms with Gasteiger partial charge in [0.15, 0.2) is 0 Å². The third-order valence-corrected chi connectivity index (χ3v) is 3.33. The molecule has 2 heteroatoms. The molecule has 1 nitrogen and oxygen atoms in total. The first-order chi connectivity index (χ1) is 3.31. The average molecular weight is 293 g/mol. The van der Waals surface area contributed by atoms with E-state index in [1.165, 1.54) is 6.08 Å². The van der Waals surface area contributed by atoms with Gasteiger partial charge in [0.2, 0.25) is 0 Å². The molecule has 0 aliphatic heterocycles. The van der Waals surface area contributed by atoms with Crippen molar-refractivity contribution in [2.75, 3.05) is 0 Å². The second-order valence-corrected chi connectivity index (χ2v) is 5.89. The summed E-state index contributed by atoms with van der Waals surface area (Å²) >= 11 is -0.622. The molecule has 0 heterocycles. The fourth-order valence-corrected chi connectivity index (χ4v) is 1.77. The molecule has 7 heavy (non-hydrogen) atoms. The SMILES string of the molecule is C=C[C](=O)[Po][CH2]C. The van der Waals surface area contributed by atoms with E-state index in [2.05, 4.69) is 6.58 Å². The van der Waals surface area contributed by atoms with Gasteiger partial charge < -0.3 is 0 Å². The van der Waals surface area contributed by atoms with E-state index in [9.17, 15) is 4.79 Å². The molecule has 0 atom stereocenters. The summed E-state index contributed by atoms with van der Waals surface area (Å²) in [6.45, 7) is 5.42. The normalized spacial score (nSPS) is 8.14. The van der Waals surface area contributed by atoms with Crippen LogP contribution in [0.5, 0.6) is 0 Å². The molecule has 0 fully saturated rings. The Morgan fingerprint density at radius 2 is 2.57 bits per heavy atom. The van der Waals surface area contributed by atoms with Crippen LogP contribution in [0.4, 0.5) is 0 Å². The molecular weight excluding hydrogens is 285 g/mol. The topological polar surface area (TPSA) is 17.1 Å². The van der Waals surface area contributed by atoms with Crippen LogP contribution >= 0.6 is 0 Å². The van der Waals surface area contributed by atoms with Gasteiger partial charge in [-0.3, -0.25) is 0 Å². The van der Waals surface area contributed by atoms with Gasteiger partial charge in [-0.2, -0.15) is 0 Å². The van der Waals surface area contributed by atoms with Crippen molar-refractivity contribution >= 4 is 27.0 Å². The Bertz CT molecular complexity index is 78.1. The monoisotopic (exact) mass is 293 g/mol. The molecule has 0 saturated carbocycles. The van der Waals surface area contributed by atoms with Crippen LogP contribution in [0.15, 0.2) is 12.7 Å². The van der Waals surface area contributed by atoms with Crippen molar-refractivity contribution in [1.29, 1.82) is 0 Å². The molecule has 0 aromatic carbocycles. The van der Waals surface area contributed by atoms with Crippen molar-refractivity contribution in [3.63, 3.8) is 0 Å². The van der Waals surface area contributed by atoms with Gasteiger partial charge >= 0.3 is 55.5 Å². The van der Waals surface area contributed by atoms with Crippen molar-refractivity contribution in [3.05, 3.63) is 12.7 Å². The van der Waals surface area contributed by atoms with Crippen LogP contribution in [-0.4, -0.2) is 27.0 Å². The van der Waals surface area contributed by atoms with E-state index < -0.39 is 23.6 Å². The van der Waals surface area contributed by atoms with Crippen molar-refractivity contribution in [2.24, 2.45) is 0 Å². The molecule has 0 aromatic rings. The Labute approximate surface area is 55.6 Å². The van der Waals surface area contributed by atoms with Gasteiger partial charge in [-0.25, -0.2) is 0 Å². The molecule has 0 aliphatic rings. The predicted octanol–water partition coefficient (Wildman–Crippen LogP) is 0.841. The molecule has 0 unspecified atom stereocenters. The van der Waals surface area contributed by atoms with E-state index in [0.29, 0.717) is 3.44 Å². The number of hydrogen-bond donors (Lipinski definition) is 0. The summed E-state index contributed by atoms with van der Waals surface area (Å²) < 4.78 is 1.40. The van der Waals surface area contributed by atoms with Crippen LogP contribution < -0.4 is 0 Å². The summed E-state index contributed by atoms with van der Waals surface area (Å²) in [5.41, 5.74) is 0. The minimum absolute atomic E-state index is 0.308. The maximum atomic E-state index is 10.4. The fourth-order valence-electron chi connectivity index (χ4n) is 0.201. The quantitative estimate of drug-likeness (QED) is 0.705. The molecule has 0 aromatic heterocycles. The standard InChI is InChI=1S/C3H3O.C2H5.Po/c1-2-3-4;1-2;/h2H,1H2;1H2,2H3;. The van der Waals surface area contributed by atoms with Gasteiger partial charge in [0.25, 0.3) is 0 Å². The van der Waals surface area contributed by atoms with Crippen LogP contribution in [0.3, 0.4) is 0 Å². The zero-order valence-corrected chi connectivity index (χ0v) is 7.48. The Morgan fingerprint density at radius 1 is 2.00 bits per heavy atom. The molecule has 0 spiro atoms. The summed E-state index contributed by atoms with van der Waals surface area (Å²) in [4.78, 5) is 10.4. The second-order valence-electron chi connectivity index (χ2n) is 0.956. The maximum absolute atomic E-state index is 10.4. The van der Waals surface area contributed by atoms with Crippen molar-refractivity contribution in [1.82, 2.24) is 0 Å². The van der Waals surface area contributed by atoms with Crippen molar-refractivity contribution < 1.29 is 4.79 Å². The summed E-state index contributed by atoms with van der Waals surface area (Å²) in [6.07, 6.45) is 1.44. The zero-order chi connectivity index (χ0) is 5.70. The first kappa shape index (κ1) is 7.31. The van der Waals surface area contributed by atoms with E-state index in [-0.39, 0.29) is 0 Å². The van der Waals surface area contributed by atoms with Crippen LogP contribution in [0.25, 0.3) is 0 Å². The van der Waals surface area contributed by atoms with E-state index in [4.69, 9.17) is 0 Å². The van der Waals surface area contributed by atoms with Gasteiger partial charge in [-0.1, -0.05) is 0 Å².